The minimum absolute atomic E-state index is 0.116. The molecule has 0 atom stereocenters. The van der Waals surface area contributed by atoms with Gasteiger partial charge in [-0.3, -0.25) is 20.2 Å². The highest BCUT2D eigenvalue weighted by Gasteiger charge is 2.27. The molecule has 6 nitrogen and oxygen atoms in total. The van der Waals surface area contributed by atoms with Crippen LogP contribution in [0.3, 0.4) is 0 Å². The van der Waals surface area contributed by atoms with Gasteiger partial charge in [-0.2, -0.15) is 0 Å². The molecule has 1 aromatic heterocycles. The van der Waals surface area contributed by atoms with Gasteiger partial charge < -0.3 is 4.42 Å². The Balaban J connectivity index is 2.25. The maximum atomic E-state index is 11.4. The van der Waals surface area contributed by atoms with Gasteiger partial charge in [0.05, 0.1) is 6.26 Å². The van der Waals surface area contributed by atoms with Crippen molar-refractivity contribution in [3.63, 3.8) is 0 Å². The van der Waals surface area contributed by atoms with Crippen molar-refractivity contribution in [1.29, 1.82) is 0 Å². The van der Waals surface area contributed by atoms with Gasteiger partial charge in [0.2, 0.25) is 0 Å². The molecular weight excluding hydrogens is 236 g/mol. The van der Waals surface area contributed by atoms with Gasteiger partial charge in [0.15, 0.2) is 0 Å². The molecule has 2 N–H and O–H groups in total. The maximum Gasteiger partial charge on any atom is 0.328 e. The SMILES string of the molecule is C/C(C=C1C(=O)NC(=O)NC1=O)=C\c1ccco1. The van der Waals surface area contributed by atoms with E-state index < -0.39 is 17.8 Å². The molecule has 1 aromatic rings. The van der Waals surface area contributed by atoms with Crippen LogP contribution < -0.4 is 10.6 Å². The molecule has 2 rings (SSSR count). The third-order valence-electron chi connectivity index (χ3n) is 2.23. The van der Waals surface area contributed by atoms with Gasteiger partial charge in [0, 0.05) is 0 Å². The van der Waals surface area contributed by atoms with E-state index in [-0.39, 0.29) is 5.57 Å². The van der Waals surface area contributed by atoms with Crippen LogP contribution in [-0.4, -0.2) is 17.8 Å². The standard InChI is InChI=1S/C12H10N2O4/c1-7(5-8-3-2-4-18-8)6-9-10(15)13-12(17)14-11(9)16/h2-6H,1H3,(H2,13,14,15,16,17)/b7-5+. The van der Waals surface area contributed by atoms with E-state index in [0.29, 0.717) is 11.3 Å². The van der Waals surface area contributed by atoms with E-state index in [1.807, 2.05) is 10.6 Å². The summed E-state index contributed by atoms with van der Waals surface area (Å²) in [5.41, 5.74) is 0.537. The van der Waals surface area contributed by atoms with Crippen molar-refractivity contribution >= 4 is 23.9 Å². The van der Waals surface area contributed by atoms with Gasteiger partial charge in [0.1, 0.15) is 11.3 Å². The van der Waals surface area contributed by atoms with E-state index in [1.54, 1.807) is 25.1 Å². The first-order valence-electron chi connectivity index (χ1n) is 5.16. The van der Waals surface area contributed by atoms with Gasteiger partial charge in [-0.1, -0.05) is 0 Å². The summed E-state index contributed by atoms with van der Waals surface area (Å²) in [6.45, 7) is 1.71. The first-order valence-corrected chi connectivity index (χ1v) is 5.16. The minimum atomic E-state index is -0.810. The van der Waals surface area contributed by atoms with E-state index in [0.717, 1.165) is 0 Å². The number of amides is 4. The van der Waals surface area contributed by atoms with E-state index in [4.69, 9.17) is 4.42 Å². The fourth-order valence-electron chi connectivity index (χ4n) is 1.47. The maximum absolute atomic E-state index is 11.4. The van der Waals surface area contributed by atoms with E-state index in [1.165, 1.54) is 12.3 Å². The number of imide groups is 2. The van der Waals surface area contributed by atoms with Crippen molar-refractivity contribution < 1.29 is 18.8 Å². The van der Waals surface area contributed by atoms with Crippen LogP contribution >= 0.6 is 0 Å². The summed E-state index contributed by atoms with van der Waals surface area (Å²) in [7, 11) is 0. The first kappa shape index (κ1) is 11.8. The van der Waals surface area contributed by atoms with E-state index in [2.05, 4.69) is 0 Å². The summed E-state index contributed by atoms with van der Waals surface area (Å²) in [5, 5.41) is 3.99. The number of furan rings is 1. The number of carbonyl (C=O) groups excluding carboxylic acids is 3. The van der Waals surface area contributed by atoms with Gasteiger partial charge >= 0.3 is 6.03 Å². The molecule has 0 aliphatic carbocycles. The zero-order valence-corrected chi connectivity index (χ0v) is 9.52. The van der Waals surface area contributed by atoms with Crippen LogP contribution in [0.1, 0.15) is 12.7 Å². The number of nitrogens with one attached hydrogen (secondary N) is 2. The normalized spacial score (nSPS) is 16.4. The zero-order valence-electron chi connectivity index (χ0n) is 9.52. The molecule has 18 heavy (non-hydrogen) atoms. The summed E-state index contributed by atoms with van der Waals surface area (Å²) in [6, 6.07) is 2.66. The molecular formula is C12H10N2O4. The minimum Gasteiger partial charge on any atom is -0.465 e. The van der Waals surface area contributed by atoms with Gasteiger partial charge in [-0.25, -0.2) is 4.79 Å². The average Bonchev–Trinajstić information content (AvgIpc) is 2.76. The molecule has 0 radical (unpaired) electrons. The van der Waals surface area contributed by atoms with Crippen LogP contribution in [0.25, 0.3) is 6.08 Å². The summed E-state index contributed by atoms with van der Waals surface area (Å²) in [5.74, 6) is -0.816. The Morgan fingerprint density at radius 1 is 1.22 bits per heavy atom. The lowest BCUT2D eigenvalue weighted by Gasteiger charge is -2.13. The molecule has 6 heteroatoms. The number of rotatable bonds is 2. The second kappa shape index (κ2) is 4.70. The lowest BCUT2D eigenvalue weighted by Crippen LogP contribution is -2.51. The van der Waals surface area contributed by atoms with Crippen LogP contribution in [0.2, 0.25) is 0 Å². The molecule has 4 amide bonds. The molecule has 0 aromatic carbocycles. The Bertz CT molecular complexity index is 545. The van der Waals surface area contributed by atoms with Gasteiger partial charge in [0.25, 0.3) is 11.8 Å². The molecule has 0 unspecified atom stereocenters. The predicted octanol–water partition coefficient (Wildman–Crippen LogP) is 0.975. The Morgan fingerprint density at radius 3 is 2.44 bits per heavy atom. The quantitative estimate of drug-likeness (QED) is 0.601. The average molecular weight is 246 g/mol. The van der Waals surface area contributed by atoms with Crippen molar-refractivity contribution in [2.75, 3.05) is 0 Å². The van der Waals surface area contributed by atoms with Crippen molar-refractivity contribution in [3.8, 4) is 0 Å². The summed E-state index contributed by atoms with van der Waals surface area (Å²) in [6.07, 6.45) is 4.58. The third kappa shape index (κ3) is 2.54. The van der Waals surface area contributed by atoms with Gasteiger partial charge in [-0.15, -0.1) is 0 Å². The fraction of sp³-hybridized carbons (Fsp3) is 0.0833. The summed E-state index contributed by atoms with van der Waals surface area (Å²) < 4.78 is 5.10. The van der Waals surface area contributed by atoms with Crippen molar-refractivity contribution in [3.05, 3.63) is 41.4 Å². The molecule has 0 spiro atoms. The second-order valence-electron chi connectivity index (χ2n) is 3.70. The Morgan fingerprint density at radius 2 is 1.89 bits per heavy atom. The van der Waals surface area contributed by atoms with E-state index >= 15 is 0 Å². The highest BCUT2D eigenvalue weighted by Crippen LogP contribution is 2.11. The Hall–Kier alpha value is -2.63. The molecule has 1 saturated heterocycles. The summed E-state index contributed by atoms with van der Waals surface area (Å²) in [4.78, 5) is 33.7. The number of hydrogen-bond acceptors (Lipinski definition) is 4. The number of carbonyl (C=O) groups is 3. The van der Waals surface area contributed by atoms with Crippen LogP contribution in [0.4, 0.5) is 4.79 Å². The van der Waals surface area contributed by atoms with E-state index in [9.17, 15) is 14.4 Å². The second-order valence-corrected chi connectivity index (χ2v) is 3.70. The number of barbiturate groups is 1. The molecule has 0 bridgehead atoms. The topological polar surface area (TPSA) is 88.4 Å². The van der Waals surface area contributed by atoms with Crippen molar-refractivity contribution in [2.24, 2.45) is 0 Å². The smallest absolute Gasteiger partial charge is 0.328 e. The van der Waals surface area contributed by atoms with Crippen molar-refractivity contribution in [2.45, 2.75) is 6.92 Å². The first-order chi connectivity index (χ1) is 8.56. The van der Waals surface area contributed by atoms with Crippen LogP contribution in [0.15, 0.2) is 40.0 Å². The fourth-order valence-corrected chi connectivity index (χ4v) is 1.47. The Kier molecular flexibility index (Phi) is 3.09. The molecule has 2 heterocycles. The van der Waals surface area contributed by atoms with Crippen LogP contribution in [0.5, 0.6) is 0 Å². The Labute approximate surface area is 102 Å². The molecule has 92 valence electrons. The van der Waals surface area contributed by atoms with Crippen molar-refractivity contribution in [1.82, 2.24) is 10.6 Å². The molecule has 0 saturated carbocycles. The lowest BCUT2D eigenvalue weighted by molar-refractivity contribution is -0.124. The highest BCUT2D eigenvalue weighted by atomic mass is 16.3. The van der Waals surface area contributed by atoms with Crippen LogP contribution in [0, 0.1) is 0 Å². The number of hydrogen-bond donors (Lipinski definition) is 2. The third-order valence-corrected chi connectivity index (χ3v) is 2.23. The molecule has 1 fully saturated rings. The monoisotopic (exact) mass is 246 g/mol. The zero-order chi connectivity index (χ0) is 13.1. The summed E-state index contributed by atoms with van der Waals surface area (Å²) >= 11 is 0. The largest absolute Gasteiger partial charge is 0.465 e. The molecule has 1 aliphatic rings. The highest BCUT2D eigenvalue weighted by molar-refractivity contribution is 6.29. The lowest BCUT2D eigenvalue weighted by atomic mass is 10.1. The number of allylic oxidation sites excluding steroid dienone is 2. The number of urea groups is 1. The van der Waals surface area contributed by atoms with Gasteiger partial charge in [-0.05, 0) is 36.8 Å². The molecule has 1 aliphatic heterocycles. The van der Waals surface area contributed by atoms with Crippen LogP contribution in [-0.2, 0) is 9.59 Å². The predicted molar refractivity (Wildman–Crippen MR) is 62.1 cm³/mol.